The van der Waals surface area contributed by atoms with Gasteiger partial charge < -0.3 is 16.0 Å². The molecule has 0 aromatic heterocycles. The van der Waals surface area contributed by atoms with Gasteiger partial charge >= 0.3 is 6.03 Å². The van der Waals surface area contributed by atoms with Gasteiger partial charge in [0, 0.05) is 24.2 Å². The van der Waals surface area contributed by atoms with Crippen LogP contribution < -0.4 is 11.1 Å². The normalized spacial score (nSPS) is 11.9. The molecule has 2 rings (SSSR count). The summed E-state index contributed by atoms with van der Waals surface area (Å²) in [7, 11) is 1.73. The first-order valence-corrected chi connectivity index (χ1v) is 8.81. The van der Waals surface area contributed by atoms with Gasteiger partial charge in [-0.1, -0.05) is 49.7 Å². The third-order valence-electron chi connectivity index (χ3n) is 4.18. The van der Waals surface area contributed by atoms with Crippen LogP contribution in [0.3, 0.4) is 0 Å². The molecule has 0 fully saturated rings. The van der Waals surface area contributed by atoms with E-state index in [2.05, 4.69) is 19.2 Å². The number of nitrogens with one attached hydrogen (secondary N) is 1. The van der Waals surface area contributed by atoms with Crippen LogP contribution in [0, 0.1) is 5.92 Å². The molecule has 2 aromatic rings. The van der Waals surface area contributed by atoms with Gasteiger partial charge in [0.1, 0.15) is 0 Å². The van der Waals surface area contributed by atoms with E-state index in [1.54, 1.807) is 36.2 Å². The second kappa shape index (κ2) is 8.72. The predicted molar refractivity (Wildman–Crippen MR) is 104 cm³/mol. The summed E-state index contributed by atoms with van der Waals surface area (Å²) >= 11 is 5.95. The Morgan fingerprint density at radius 3 is 2.15 bits per heavy atom. The van der Waals surface area contributed by atoms with Crippen molar-refractivity contribution in [3.63, 3.8) is 0 Å². The van der Waals surface area contributed by atoms with E-state index in [4.69, 9.17) is 17.3 Å². The van der Waals surface area contributed by atoms with Crippen molar-refractivity contribution in [1.29, 1.82) is 0 Å². The molecule has 2 aromatic carbocycles. The molecule has 0 aliphatic heterocycles. The van der Waals surface area contributed by atoms with Crippen LogP contribution in [-0.2, 0) is 6.54 Å². The summed E-state index contributed by atoms with van der Waals surface area (Å²) in [6.07, 6.45) is 0. The molecule has 0 heterocycles. The first kappa shape index (κ1) is 19.8. The Morgan fingerprint density at radius 1 is 1.08 bits per heavy atom. The fraction of sp³-hybridized carbons (Fsp3) is 0.300. The minimum atomic E-state index is -0.467. The smallest absolute Gasteiger partial charge is 0.317 e. The summed E-state index contributed by atoms with van der Waals surface area (Å²) in [6.45, 7) is 4.54. The van der Waals surface area contributed by atoms with Gasteiger partial charge in [0.2, 0.25) is 5.91 Å². The van der Waals surface area contributed by atoms with Crippen LogP contribution in [-0.4, -0.2) is 23.9 Å². The monoisotopic (exact) mass is 373 g/mol. The molecule has 0 saturated heterocycles. The molecule has 26 heavy (non-hydrogen) atoms. The lowest BCUT2D eigenvalue weighted by Crippen LogP contribution is -2.40. The number of halogens is 1. The van der Waals surface area contributed by atoms with E-state index < -0.39 is 5.91 Å². The maximum atomic E-state index is 12.6. The zero-order chi connectivity index (χ0) is 19.3. The minimum absolute atomic E-state index is 0.112. The Hall–Kier alpha value is -2.53. The van der Waals surface area contributed by atoms with Gasteiger partial charge in [-0.3, -0.25) is 4.79 Å². The summed E-state index contributed by atoms with van der Waals surface area (Å²) < 4.78 is 0. The highest BCUT2D eigenvalue weighted by Gasteiger charge is 2.20. The van der Waals surface area contributed by atoms with E-state index >= 15 is 0 Å². The van der Waals surface area contributed by atoms with Crippen molar-refractivity contribution in [3.8, 4) is 0 Å². The quantitative estimate of drug-likeness (QED) is 0.803. The second-order valence-electron chi connectivity index (χ2n) is 6.64. The molecular weight excluding hydrogens is 350 g/mol. The number of nitrogens with two attached hydrogens (primary N) is 1. The van der Waals surface area contributed by atoms with Crippen LogP contribution in [0.1, 0.15) is 41.4 Å². The number of nitrogens with zero attached hydrogens (tertiary/aromatic N) is 1. The van der Waals surface area contributed by atoms with Crippen molar-refractivity contribution in [2.24, 2.45) is 11.7 Å². The summed E-state index contributed by atoms with van der Waals surface area (Å²) in [5.41, 5.74) is 7.61. The van der Waals surface area contributed by atoms with Crippen molar-refractivity contribution in [2.75, 3.05) is 7.05 Å². The van der Waals surface area contributed by atoms with E-state index in [9.17, 15) is 9.59 Å². The lowest BCUT2D eigenvalue weighted by molar-refractivity contribution is 0.1000. The number of amides is 3. The Balaban J connectivity index is 2.03. The Bertz CT molecular complexity index is 758. The third-order valence-corrected chi connectivity index (χ3v) is 4.43. The molecule has 0 aliphatic rings. The van der Waals surface area contributed by atoms with Crippen LogP contribution in [0.25, 0.3) is 0 Å². The predicted octanol–water partition coefficient (Wildman–Crippen LogP) is 3.98. The fourth-order valence-corrected chi connectivity index (χ4v) is 2.79. The van der Waals surface area contributed by atoms with Crippen molar-refractivity contribution in [3.05, 3.63) is 70.2 Å². The van der Waals surface area contributed by atoms with E-state index in [-0.39, 0.29) is 18.0 Å². The third kappa shape index (κ3) is 5.23. The maximum absolute atomic E-state index is 12.6. The van der Waals surface area contributed by atoms with Crippen molar-refractivity contribution in [1.82, 2.24) is 10.2 Å². The van der Waals surface area contributed by atoms with E-state index in [0.29, 0.717) is 17.1 Å². The first-order chi connectivity index (χ1) is 12.3. The number of urea groups is 1. The number of benzene rings is 2. The highest BCUT2D eigenvalue weighted by Crippen LogP contribution is 2.23. The van der Waals surface area contributed by atoms with Gasteiger partial charge in [-0.05, 0) is 41.3 Å². The number of hydrogen-bond donors (Lipinski definition) is 2. The molecule has 0 unspecified atom stereocenters. The zero-order valence-corrected chi connectivity index (χ0v) is 16.0. The SMILES string of the molecule is CC(C)[C@H](NC(=O)N(C)Cc1ccc(C(N)=O)cc1)c1ccc(Cl)cc1. The van der Waals surface area contributed by atoms with Gasteiger partial charge in [0.25, 0.3) is 0 Å². The molecule has 5 nitrogen and oxygen atoms in total. The van der Waals surface area contributed by atoms with Gasteiger partial charge in [0.15, 0.2) is 0 Å². The van der Waals surface area contributed by atoms with Crippen LogP contribution in [0.4, 0.5) is 4.79 Å². The Morgan fingerprint density at radius 2 is 1.65 bits per heavy atom. The van der Waals surface area contributed by atoms with Gasteiger partial charge in [0.05, 0.1) is 6.04 Å². The molecular formula is C20H24ClN3O2. The van der Waals surface area contributed by atoms with Crippen molar-refractivity contribution < 1.29 is 9.59 Å². The first-order valence-electron chi connectivity index (χ1n) is 8.43. The zero-order valence-electron chi connectivity index (χ0n) is 15.2. The molecule has 138 valence electrons. The lowest BCUT2D eigenvalue weighted by atomic mass is 9.96. The number of carbonyl (C=O) groups is 2. The average molecular weight is 374 g/mol. The topological polar surface area (TPSA) is 75.4 Å². The summed E-state index contributed by atoms with van der Waals surface area (Å²) in [4.78, 5) is 25.3. The Labute approximate surface area is 159 Å². The molecule has 3 N–H and O–H groups in total. The summed E-state index contributed by atoms with van der Waals surface area (Å²) in [5.74, 6) is -0.242. The molecule has 0 aliphatic carbocycles. The molecule has 0 spiro atoms. The Kier molecular flexibility index (Phi) is 6.64. The number of carbonyl (C=O) groups excluding carboxylic acids is 2. The van der Waals surface area contributed by atoms with Crippen molar-refractivity contribution >= 4 is 23.5 Å². The number of rotatable bonds is 6. The van der Waals surface area contributed by atoms with Gasteiger partial charge in [-0.25, -0.2) is 4.79 Å². The van der Waals surface area contributed by atoms with E-state index in [0.717, 1.165) is 11.1 Å². The number of hydrogen-bond acceptors (Lipinski definition) is 2. The molecule has 1 atom stereocenters. The molecule has 6 heteroatoms. The standard InChI is InChI=1S/C20H24ClN3O2/c1-13(2)18(15-8-10-17(21)11-9-15)23-20(26)24(3)12-14-4-6-16(7-5-14)19(22)25/h4-11,13,18H,12H2,1-3H3,(H2,22,25)(H,23,26)/t18-/m0/s1. The lowest BCUT2D eigenvalue weighted by Gasteiger charge is -2.26. The molecule has 0 bridgehead atoms. The second-order valence-corrected chi connectivity index (χ2v) is 7.08. The summed E-state index contributed by atoms with van der Waals surface area (Å²) in [5, 5.41) is 3.74. The van der Waals surface area contributed by atoms with Gasteiger partial charge in [-0.2, -0.15) is 0 Å². The highest BCUT2D eigenvalue weighted by molar-refractivity contribution is 6.30. The van der Waals surface area contributed by atoms with Crippen molar-refractivity contribution in [2.45, 2.75) is 26.4 Å². The van der Waals surface area contributed by atoms with Gasteiger partial charge in [-0.15, -0.1) is 0 Å². The van der Waals surface area contributed by atoms with Crippen LogP contribution in [0.2, 0.25) is 5.02 Å². The molecule has 3 amide bonds. The largest absolute Gasteiger partial charge is 0.366 e. The molecule has 0 saturated carbocycles. The minimum Gasteiger partial charge on any atom is -0.366 e. The highest BCUT2D eigenvalue weighted by atomic mass is 35.5. The maximum Gasteiger partial charge on any atom is 0.317 e. The van der Waals surface area contributed by atoms with E-state index in [1.165, 1.54) is 0 Å². The molecule has 0 radical (unpaired) electrons. The van der Waals surface area contributed by atoms with E-state index in [1.807, 2.05) is 24.3 Å². The fourth-order valence-electron chi connectivity index (χ4n) is 2.67. The number of primary amides is 1. The average Bonchev–Trinajstić information content (AvgIpc) is 2.60. The van der Waals surface area contributed by atoms with Crippen LogP contribution in [0.15, 0.2) is 48.5 Å². The van der Waals surface area contributed by atoms with Crippen LogP contribution in [0.5, 0.6) is 0 Å². The van der Waals surface area contributed by atoms with Crippen LogP contribution >= 0.6 is 11.6 Å². The summed E-state index contributed by atoms with van der Waals surface area (Å²) in [6, 6.07) is 14.1.